The zero-order valence-electron chi connectivity index (χ0n) is 13.4. The van der Waals surface area contributed by atoms with Crippen LogP contribution in [0.3, 0.4) is 0 Å². The first-order valence-corrected chi connectivity index (χ1v) is 8.28. The molecule has 120 valence electrons. The summed E-state index contributed by atoms with van der Waals surface area (Å²) >= 11 is 1.73. The molecule has 1 amide bonds. The van der Waals surface area contributed by atoms with E-state index in [-0.39, 0.29) is 11.9 Å². The molecule has 0 aliphatic rings. The van der Waals surface area contributed by atoms with Crippen LogP contribution in [0.1, 0.15) is 27.7 Å². The molecule has 0 aliphatic carbocycles. The van der Waals surface area contributed by atoms with Gasteiger partial charge in [0.2, 0.25) is 0 Å². The van der Waals surface area contributed by atoms with Gasteiger partial charge >= 0.3 is 0 Å². The fourth-order valence-corrected chi connectivity index (χ4v) is 3.64. The van der Waals surface area contributed by atoms with Gasteiger partial charge in [-0.1, -0.05) is 23.4 Å². The quantitative estimate of drug-likeness (QED) is 0.781. The Kier molecular flexibility index (Phi) is 4.45. The van der Waals surface area contributed by atoms with E-state index in [1.807, 2.05) is 26.2 Å². The normalized spacial score (nSPS) is 12.7. The number of nitrogens with one attached hydrogen (secondary N) is 1. The molecule has 0 fully saturated rings. The number of carbonyl (C=O) groups excluding carboxylic acids is 1. The summed E-state index contributed by atoms with van der Waals surface area (Å²) in [6, 6.07) is 8.45. The Balaban J connectivity index is 1.80. The number of rotatable bonds is 5. The Hall–Kier alpha value is -2.18. The first-order valence-electron chi connectivity index (χ1n) is 7.40. The second-order valence-electron chi connectivity index (χ2n) is 5.67. The van der Waals surface area contributed by atoms with Gasteiger partial charge in [0.05, 0.1) is 12.2 Å². The van der Waals surface area contributed by atoms with Gasteiger partial charge in [0.15, 0.2) is 0 Å². The zero-order valence-corrected chi connectivity index (χ0v) is 14.2. The Morgan fingerprint density at radius 1 is 1.39 bits per heavy atom. The zero-order chi connectivity index (χ0) is 16.4. The molecule has 0 saturated carbocycles. The number of hydrogen-bond acceptors (Lipinski definition) is 5. The van der Waals surface area contributed by atoms with E-state index in [2.05, 4.69) is 32.9 Å². The molecule has 1 N–H and O–H groups in total. The summed E-state index contributed by atoms with van der Waals surface area (Å²) in [5.74, 6) is 0.375. The van der Waals surface area contributed by atoms with Crippen LogP contribution >= 0.6 is 11.3 Å². The fraction of sp³-hybridized carbons (Fsp3) is 0.294. The molecule has 6 heteroatoms. The van der Waals surface area contributed by atoms with Gasteiger partial charge in [-0.25, -0.2) is 0 Å². The maximum absolute atomic E-state index is 12.3. The van der Waals surface area contributed by atoms with E-state index in [0.717, 1.165) is 0 Å². The number of nitrogens with zero attached hydrogens (tertiary/aromatic N) is 2. The maximum Gasteiger partial charge on any atom is 0.256 e. The van der Waals surface area contributed by atoms with Crippen LogP contribution in [0.2, 0.25) is 0 Å². The minimum atomic E-state index is -0.157. The second-order valence-corrected chi connectivity index (χ2v) is 6.58. The number of carbonyl (C=O) groups is 1. The molecule has 3 aromatic rings. The third-order valence-corrected chi connectivity index (χ3v) is 4.93. The van der Waals surface area contributed by atoms with Crippen LogP contribution in [-0.4, -0.2) is 36.6 Å². The number of hydrogen-bond donors (Lipinski definition) is 1. The Labute approximate surface area is 138 Å². The van der Waals surface area contributed by atoms with Gasteiger partial charge in [-0.05, 0) is 43.4 Å². The first-order chi connectivity index (χ1) is 11.1. The lowest BCUT2D eigenvalue weighted by molar-refractivity contribution is 0.0940. The predicted octanol–water partition coefficient (Wildman–Crippen LogP) is 3.23. The first kappa shape index (κ1) is 15.7. The van der Waals surface area contributed by atoms with Crippen LogP contribution in [0.5, 0.6) is 0 Å². The van der Waals surface area contributed by atoms with Crippen molar-refractivity contribution >= 4 is 27.3 Å². The molecule has 0 bridgehead atoms. The molecule has 2 heterocycles. The van der Waals surface area contributed by atoms with Crippen molar-refractivity contribution in [1.29, 1.82) is 0 Å². The van der Waals surface area contributed by atoms with E-state index in [1.54, 1.807) is 18.3 Å². The van der Waals surface area contributed by atoms with E-state index in [9.17, 15) is 4.79 Å². The highest BCUT2D eigenvalue weighted by atomic mass is 32.1. The third kappa shape index (κ3) is 3.13. The average Bonchev–Trinajstić information content (AvgIpc) is 3.14. The highest BCUT2D eigenvalue weighted by molar-refractivity contribution is 7.17. The summed E-state index contributed by atoms with van der Waals surface area (Å²) in [7, 11) is 4.04. The van der Waals surface area contributed by atoms with Crippen molar-refractivity contribution in [2.24, 2.45) is 0 Å². The Morgan fingerprint density at radius 3 is 2.87 bits per heavy atom. The van der Waals surface area contributed by atoms with Crippen LogP contribution in [-0.2, 0) is 0 Å². The second kappa shape index (κ2) is 6.52. The van der Waals surface area contributed by atoms with Crippen molar-refractivity contribution in [2.75, 3.05) is 20.6 Å². The van der Waals surface area contributed by atoms with Crippen LogP contribution in [0.25, 0.3) is 10.1 Å². The number of thiophene rings is 1. The summed E-state index contributed by atoms with van der Waals surface area (Å²) in [6.07, 6.45) is 1.45. The average molecular weight is 329 g/mol. The standard InChI is InChI=1S/C17H19N3O2S/c1-11-13(8-19-22-11)17(21)18-9-15(20(2)3)14-10-23-16-7-5-4-6-12(14)16/h4-8,10,15H,9H2,1-3H3,(H,18,21)/t15-/m1/s1. The van der Waals surface area contributed by atoms with Crippen LogP contribution < -0.4 is 5.32 Å². The van der Waals surface area contributed by atoms with Gasteiger partial charge in [-0.2, -0.15) is 0 Å². The fourth-order valence-electron chi connectivity index (χ4n) is 2.63. The molecule has 1 aromatic carbocycles. The number of aromatic nitrogens is 1. The number of benzene rings is 1. The molecule has 2 aromatic heterocycles. The van der Waals surface area contributed by atoms with Gasteiger partial charge in [0, 0.05) is 11.2 Å². The summed E-state index contributed by atoms with van der Waals surface area (Å²) in [5.41, 5.74) is 1.72. The molecule has 0 unspecified atom stereocenters. The van der Waals surface area contributed by atoms with Crippen molar-refractivity contribution < 1.29 is 9.32 Å². The minimum absolute atomic E-state index is 0.107. The van der Waals surface area contributed by atoms with Crippen molar-refractivity contribution in [2.45, 2.75) is 13.0 Å². The number of amides is 1. The molecular formula is C17H19N3O2S. The number of aryl methyl sites for hydroxylation is 1. The van der Waals surface area contributed by atoms with Gasteiger partial charge in [-0.15, -0.1) is 11.3 Å². The van der Waals surface area contributed by atoms with Crippen LogP contribution in [0.15, 0.2) is 40.4 Å². The molecule has 5 nitrogen and oxygen atoms in total. The lowest BCUT2D eigenvalue weighted by Crippen LogP contribution is -2.34. The Morgan fingerprint density at radius 2 is 2.17 bits per heavy atom. The van der Waals surface area contributed by atoms with Crippen molar-refractivity contribution in [3.8, 4) is 0 Å². The number of likely N-dealkylation sites (N-methyl/N-ethyl adjacent to an activating group) is 1. The monoisotopic (exact) mass is 329 g/mol. The number of fused-ring (bicyclic) bond motifs is 1. The van der Waals surface area contributed by atoms with Gasteiger partial charge in [0.1, 0.15) is 11.3 Å². The molecule has 0 spiro atoms. The molecular weight excluding hydrogens is 310 g/mol. The van der Waals surface area contributed by atoms with Gasteiger partial charge in [-0.3, -0.25) is 4.79 Å². The van der Waals surface area contributed by atoms with Gasteiger partial charge in [0.25, 0.3) is 5.91 Å². The molecule has 0 radical (unpaired) electrons. The Bertz CT molecular complexity index is 822. The highest BCUT2D eigenvalue weighted by Gasteiger charge is 2.20. The third-order valence-electron chi connectivity index (χ3n) is 3.94. The lowest BCUT2D eigenvalue weighted by Gasteiger charge is -2.24. The maximum atomic E-state index is 12.3. The lowest BCUT2D eigenvalue weighted by atomic mass is 10.0. The van der Waals surface area contributed by atoms with Gasteiger partial charge < -0.3 is 14.7 Å². The van der Waals surface area contributed by atoms with E-state index in [4.69, 9.17) is 4.52 Å². The summed E-state index contributed by atoms with van der Waals surface area (Å²) in [5, 5.41) is 10.1. The van der Waals surface area contributed by atoms with Crippen molar-refractivity contribution in [3.05, 3.63) is 52.7 Å². The topological polar surface area (TPSA) is 58.4 Å². The van der Waals surface area contributed by atoms with Crippen LogP contribution in [0, 0.1) is 6.92 Å². The molecule has 0 aliphatic heterocycles. The SMILES string of the molecule is Cc1oncc1C(=O)NC[C@H](c1csc2ccccc12)N(C)C. The molecule has 1 atom stereocenters. The van der Waals surface area contributed by atoms with E-state index >= 15 is 0 Å². The summed E-state index contributed by atoms with van der Waals surface area (Å²) in [6.45, 7) is 2.26. The smallest absolute Gasteiger partial charge is 0.256 e. The molecule has 0 saturated heterocycles. The van der Waals surface area contributed by atoms with Crippen LogP contribution in [0.4, 0.5) is 0 Å². The molecule has 23 heavy (non-hydrogen) atoms. The summed E-state index contributed by atoms with van der Waals surface area (Å²) in [4.78, 5) is 14.4. The largest absolute Gasteiger partial charge is 0.361 e. The van der Waals surface area contributed by atoms with E-state index in [0.29, 0.717) is 17.9 Å². The highest BCUT2D eigenvalue weighted by Crippen LogP contribution is 2.32. The summed E-state index contributed by atoms with van der Waals surface area (Å²) < 4.78 is 6.21. The van der Waals surface area contributed by atoms with E-state index in [1.165, 1.54) is 21.8 Å². The molecule has 3 rings (SSSR count). The minimum Gasteiger partial charge on any atom is -0.361 e. The van der Waals surface area contributed by atoms with Crippen molar-refractivity contribution in [3.63, 3.8) is 0 Å². The predicted molar refractivity (Wildman–Crippen MR) is 91.8 cm³/mol. The van der Waals surface area contributed by atoms with Crippen molar-refractivity contribution in [1.82, 2.24) is 15.4 Å². The van der Waals surface area contributed by atoms with E-state index < -0.39 is 0 Å².